The Morgan fingerprint density at radius 1 is 1.55 bits per heavy atom. The third-order valence-corrected chi connectivity index (χ3v) is 1.79. The van der Waals surface area contributed by atoms with Crippen molar-refractivity contribution in [2.45, 2.75) is 26.7 Å². The lowest BCUT2D eigenvalue weighted by atomic mass is 10.1. The second kappa shape index (κ2) is 2.60. The zero-order valence-electron chi connectivity index (χ0n) is 7.01. The summed E-state index contributed by atoms with van der Waals surface area (Å²) in [5.41, 5.74) is 1.48. The minimum atomic E-state index is -0.244. The predicted molar refractivity (Wildman–Crippen MR) is 45.0 cm³/mol. The van der Waals surface area contributed by atoms with Gasteiger partial charge in [0.25, 0.3) is 0 Å². The maximum Gasteiger partial charge on any atom is 0.312 e. The first kappa shape index (κ1) is 8.17. The van der Waals surface area contributed by atoms with E-state index in [0.717, 1.165) is 15.9 Å². The number of hydrogen-bond donors (Lipinski definition) is 1. The van der Waals surface area contributed by atoms with E-state index < -0.39 is 0 Å². The highest BCUT2D eigenvalue weighted by molar-refractivity contribution is 6.06. The zero-order chi connectivity index (χ0) is 8.59. The molecular weight excluding hydrogens is 139 g/mol. The second-order valence-corrected chi connectivity index (χ2v) is 2.95. The lowest BCUT2D eigenvalue weighted by Crippen LogP contribution is -2.15. The van der Waals surface area contributed by atoms with Crippen molar-refractivity contribution in [1.29, 1.82) is 0 Å². The summed E-state index contributed by atoms with van der Waals surface area (Å²) < 4.78 is 1.13. The van der Waals surface area contributed by atoms with Crippen LogP contribution < -0.4 is 5.69 Å². The standard InChI is InChI=1S/C7H11BN2O/c1-4(2)6-5(3)10(8)7(11)9-6/h4H,1-3H3,(H,9,11). The molecule has 0 bridgehead atoms. The smallest absolute Gasteiger partial charge is 0.312 e. The van der Waals surface area contributed by atoms with Crippen LogP contribution in [0, 0.1) is 6.92 Å². The molecule has 0 saturated carbocycles. The maximum absolute atomic E-state index is 10.9. The number of nitrogens with zero attached hydrogens (tertiary/aromatic N) is 1. The summed E-state index contributed by atoms with van der Waals surface area (Å²) in [5, 5.41) is 0. The highest BCUT2D eigenvalue weighted by Crippen LogP contribution is 2.12. The summed E-state index contributed by atoms with van der Waals surface area (Å²) in [6, 6.07) is 0. The fourth-order valence-electron chi connectivity index (χ4n) is 1.11. The van der Waals surface area contributed by atoms with E-state index in [4.69, 9.17) is 7.98 Å². The number of nitrogens with one attached hydrogen (secondary N) is 1. The van der Waals surface area contributed by atoms with Gasteiger partial charge in [-0.25, -0.2) is 4.79 Å². The summed E-state index contributed by atoms with van der Waals surface area (Å²) in [4.78, 5) is 13.6. The topological polar surface area (TPSA) is 37.8 Å². The number of H-pyrrole nitrogens is 1. The fourth-order valence-corrected chi connectivity index (χ4v) is 1.11. The Balaban J connectivity index is 3.30. The van der Waals surface area contributed by atoms with Crippen LogP contribution in [-0.2, 0) is 0 Å². The average Bonchev–Trinajstić information content (AvgIpc) is 2.17. The van der Waals surface area contributed by atoms with Crippen LogP contribution in [0.2, 0.25) is 0 Å². The Morgan fingerprint density at radius 3 is 2.27 bits per heavy atom. The molecule has 0 aliphatic heterocycles. The molecule has 1 N–H and O–H groups in total. The minimum Gasteiger partial charge on any atom is -0.353 e. The van der Waals surface area contributed by atoms with Crippen molar-refractivity contribution in [2.24, 2.45) is 0 Å². The molecule has 0 unspecified atom stereocenters. The van der Waals surface area contributed by atoms with Gasteiger partial charge in [-0.1, -0.05) is 13.8 Å². The van der Waals surface area contributed by atoms with Crippen LogP contribution in [0.5, 0.6) is 0 Å². The van der Waals surface area contributed by atoms with Gasteiger partial charge in [-0.3, -0.25) is 0 Å². The van der Waals surface area contributed by atoms with Crippen molar-refractivity contribution in [1.82, 2.24) is 9.46 Å². The van der Waals surface area contributed by atoms with E-state index in [-0.39, 0.29) is 5.69 Å². The first-order valence-electron chi connectivity index (χ1n) is 3.60. The Bertz CT molecular complexity index is 311. The molecule has 11 heavy (non-hydrogen) atoms. The molecule has 2 radical (unpaired) electrons. The molecule has 0 aromatic carbocycles. The van der Waals surface area contributed by atoms with Crippen molar-refractivity contribution in [2.75, 3.05) is 0 Å². The van der Waals surface area contributed by atoms with Crippen molar-refractivity contribution in [3.05, 3.63) is 21.9 Å². The van der Waals surface area contributed by atoms with Gasteiger partial charge in [0.2, 0.25) is 7.98 Å². The molecule has 0 fully saturated rings. The highest BCUT2D eigenvalue weighted by Gasteiger charge is 2.08. The zero-order valence-corrected chi connectivity index (χ0v) is 7.01. The van der Waals surface area contributed by atoms with Gasteiger partial charge in [0, 0.05) is 11.4 Å². The molecule has 1 aromatic rings. The lowest BCUT2D eigenvalue weighted by Gasteiger charge is -2.02. The van der Waals surface area contributed by atoms with Crippen molar-refractivity contribution < 1.29 is 0 Å². The van der Waals surface area contributed by atoms with Crippen LogP contribution in [0.4, 0.5) is 0 Å². The SMILES string of the molecule is [B]n1c(C)c(C(C)C)[nH]c1=O. The molecule has 0 aliphatic rings. The van der Waals surface area contributed by atoms with Crippen molar-refractivity contribution >= 4 is 7.98 Å². The Kier molecular flexibility index (Phi) is 1.93. The van der Waals surface area contributed by atoms with Gasteiger partial charge in [-0.2, -0.15) is 0 Å². The van der Waals surface area contributed by atoms with E-state index in [9.17, 15) is 4.79 Å². The molecule has 0 aliphatic carbocycles. The van der Waals surface area contributed by atoms with Gasteiger partial charge in [-0.15, -0.1) is 0 Å². The molecule has 0 atom stereocenters. The Morgan fingerprint density at radius 2 is 2.09 bits per heavy atom. The number of hydrogen-bond acceptors (Lipinski definition) is 1. The average molecular weight is 150 g/mol. The summed E-state index contributed by atoms with van der Waals surface area (Å²) >= 11 is 0. The number of imidazole rings is 1. The molecule has 1 aromatic heterocycles. The monoisotopic (exact) mass is 150 g/mol. The van der Waals surface area contributed by atoms with Gasteiger partial charge < -0.3 is 9.46 Å². The first-order valence-corrected chi connectivity index (χ1v) is 3.60. The van der Waals surface area contributed by atoms with Crippen LogP contribution in [0.1, 0.15) is 31.2 Å². The van der Waals surface area contributed by atoms with E-state index in [1.54, 1.807) is 0 Å². The summed E-state index contributed by atoms with van der Waals surface area (Å²) in [6.45, 7) is 5.85. The summed E-state index contributed by atoms with van der Waals surface area (Å²) in [6.07, 6.45) is 0. The highest BCUT2D eigenvalue weighted by atomic mass is 16.1. The molecule has 0 amide bonds. The van der Waals surface area contributed by atoms with Crippen LogP contribution in [0.25, 0.3) is 0 Å². The van der Waals surface area contributed by atoms with E-state index in [2.05, 4.69) is 4.98 Å². The molecular formula is C7H11BN2O. The number of aromatic nitrogens is 2. The van der Waals surface area contributed by atoms with E-state index in [1.165, 1.54) is 0 Å². The molecule has 3 nitrogen and oxygen atoms in total. The van der Waals surface area contributed by atoms with E-state index >= 15 is 0 Å². The van der Waals surface area contributed by atoms with Crippen LogP contribution in [-0.4, -0.2) is 17.4 Å². The van der Waals surface area contributed by atoms with Crippen molar-refractivity contribution in [3.63, 3.8) is 0 Å². The molecule has 1 rings (SSSR count). The minimum absolute atomic E-state index is 0.244. The summed E-state index contributed by atoms with van der Waals surface area (Å²) in [7, 11) is 5.41. The molecule has 0 saturated heterocycles. The van der Waals surface area contributed by atoms with E-state index in [0.29, 0.717) is 5.92 Å². The van der Waals surface area contributed by atoms with Gasteiger partial charge in [0.1, 0.15) is 0 Å². The molecule has 1 heterocycles. The quantitative estimate of drug-likeness (QED) is 0.583. The van der Waals surface area contributed by atoms with Gasteiger partial charge in [-0.05, 0) is 12.8 Å². The molecule has 58 valence electrons. The van der Waals surface area contributed by atoms with Gasteiger partial charge in [0.05, 0.1) is 0 Å². The normalized spacial score (nSPS) is 10.9. The maximum atomic E-state index is 10.9. The van der Waals surface area contributed by atoms with Gasteiger partial charge >= 0.3 is 5.69 Å². The molecule has 0 spiro atoms. The third-order valence-electron chi connectivity index (χ3n) is 1.79. The Labute approximate surface area is 66.9 Å². The third kappa shape index (κ3) is 1.25. The van der Waals surface area contributed by atoms with Crippen molar-refractivity contribution in [3.8, 4) is 0 Å². The number of rotatable bonds is 1. The Hall–Kier alpha value is -0.925. The number of aromatic amines is 1. The van der Waals surface area contributed by atoms with Crippen LogP contribution in [0.15, 0.2) is 4.79 Å². The van der Waals surface area contributed by atoms with Gasteiger partial charge in [0.15, 0.2) is 0 Å². The first-order chi connectivity index (χ1) is 5.04. The lowest BCUT2D eigenvalue weighted by molar-refractivity contribution is 0.819. The molecule has 4 heteroatoms. The van der Waals surface area contributed by atoms with Crippen LogP contribution in [0.3, 0.4) is 0 Å². The fraction of sp³-hybridized carbons (Fsp3) is 0.571. The van der Waals surface area contributed by atoms with E-state index in [1.807, 2.05) is 20.8 Å². The summed E-state index contributed by atoms with van der Waals surface area (Å²) in [5.74, 6) is 0.312. The van der Waals surface area contributed by atoms with Crippen LogP contribution >= 0.6 is 0 Å². The largest absolute Gasteiger partial charge is 0.353 e. The second-order valence-electron chi connectivity index (χ2n) is 2.95. The predicted octanol–water partition coefficient (Wildman–Crippen LogP) is 0.540.